The smallest absolute Gasteiger partial charge is 0.416 e. The lowest BCUT2D eigenvalue weighted by atomic mass is 10.1. The van der Waals surface area contributed by atoms with Crippen LogP contribution in [0.3, 0.4) is 0 Å². The molecule has 0 radical (unpaired) electrons. The Morgan fingerprint density at radius 3 is 2.76 bits per heavy atom. The quantitative estimate of drug-likeness (QED) is 0.366. The lowest BCUT2D eigenvalue weighted by Crippen LogP contribution is -2.54. The standard InChI is InChI=1S/C26H34N2O9/c1-3-12-36-26(32)28-19-16-21(34-14-7-9-22(29)30)20(33-2)15-17(19)24(31)27-11-6-8-18(27)25(28)37-23-10-4-5-13-35-23/h3,15-16,18,23,25H,1,4-14H2,2H3,(H,29,30). The Kier molecular flexibility index (Phi) is 8.88. The summed E-state index contributed by atoms with van der Waals surface area (Å²) in [6.07, 6.45) is 3.62. The molecule has 0 aliphatic carbocycles. The van der Waals surface area contributed by atoms with Gasteiger partial charge in [0.1, 0.15) is 6.61 Å². The van der Waals surface area contributed by atoms with E-state index in [1.54, 1.807) is 17.0 Å². The van der Waals surface area contributed by atoms with Gasteiger partial charge in [0.25, 0.3) is 5.91 Å². The molecule has 2 fully saturated rings. The van der Waals surface area contributed by atoms with Crippen LogP contribution in [0.2, 0.25) is 0 Å². The number of amides is 2. The van der Waals surface area contributed by atoms with Crippen LogP contribution in [0.25, 0.3) is 0 Å². The number of carboxylic acid groups (broad SMARTS) is 1. The maximum atomic E-state index is 13.7. The molecular weight excluding hydrogens is 484 g/mol. The van der Waals surface area contributed by atoms with Gasteiger partial charge >= 0.3 is 12.1 Å². The van der Waals surface area contributed by atoms with Crippen LogP contribution in [0, 0.1) is 0 Å². The van der Waals surface area contributed by atoms with E-state index in [9.17, 15) is 14.4 Å². The fraction of sp³-hybridized carbons (Fsp3) is 0.577. The van der Waals surface area contributed by atoms with Gasteiger partial charge in [-0.25, -0.2) is 9.69 Å². The number of hydrogen-bond acceptors (Lipinski definition) is 8. The van der Waals surface area contributed by atoms with Gasteiger partial charge in [-0.05, 0) is 44.6 Å². The highest BCUT2D eigenvalue weighted by Crippen LogP contribution is 2.42. The molecule has 1 aromatic carbocycles. The van der Waals surface area contributed by atoms with E-state index >= 15 is 0 Å². The van der Waals surface area contributed by atoms with Crippen LogP contribution >= 0.6 is 0 Å². The van der Waals surface area contributed by atoms with Gasteiger partial charge in [-0.2, -0.15) is 0 Å². The second-order valence-electron chi connectivity index (χ2n) is 9.13. The zero-order chi connectivity index (χ0) is 26.4. The Morgan fingerprint density at radius 2 is 2.05 bits per heavy atom. The van der Waals surface area contributed by atoms with Crippen LogP contribution in [-0.2, 0) is 19.0 Å². The van der Waals surface area contributed by atoms with E-state index in [1.165, 1.54) is 18.1 Å². The van der Waals surface area contributed by atoms with E-state index in [-0.39, 0.29) is 49.0 Å². The normalized spacial score (nSPS) is 23.1. The zero-order valence-corrected chi connectivity index (χ0v) is 21.1. The van der Waals surface area contributed by atoms with Gasteiger partial charge in [0.05, 0.1) is 31.0 Å². The van der Waals surface area contributed by atoms with E-state index in [0.717, 1.165) is 19.3 Å². The highest BCUT2D eigenvalue weighted by atomic mass is 16.7. The molecular formula is C26H34N2O9. The molecule has 11 heteroatoms. The number of fused-ring (bicyclic) bond motifs is 2. The van der Waals surface area contributed by atoms with E-state index < -0.39 is 30.6 Å². The summed E-state index contributed by atoms with van der Waals surface area (Å²) >= 11 is 0. The number of aliphatic carboxylic acids is 1. The van der Waals surface area contributed by atoms with Crippen LogP contribution in [0.15, 0.2) is 24.8 Å². The van der Waals surface area contributed by atoms with Crippen molar-refractivity contribution in [3.63, 3.8) is 0 Å². The average Bonchev–Trinajstić information content (AvgIpc) is 3.36. The van der Waals surface area contributed by atoms with Crippen LogP contribution in [0.1, 0.15) is 55.3 Å². The van der Waals surface area contributed by atoms with Crippen molar-refractivity contribution >= 4 is 23.7 Å². The van der Waals surface area contributed by atoms with Gasteiger partial charge in [-0.3, -0.25) is 9.59 Å². The Morgan fingerprint density at radius 1 is 1.22 bits per heavy atom. The van der Waals surface area contributed by atoms with Gasteiger partial charge in [0.15, 0.2) is 24.0 Å². The van der Waals surface area contributed by atoms with E-state index in [4.69, 9.17) is 28.8 Å². The SMILES string of the molecule is C=CCOC(=O)N1c2cc(OCCCC(=O)O)c(OC)cc2C(=O)N2CCCC2C1OC1CCCCO1. The minimum absolute atomic E-state index is 0.0195. The summed E-state index contributed by atoms with van der Waals surface area (Å²) < 4.78 is 29.0. The van der Waals surface area contributed by atoms with E-state index in [2.05, 4.69) is 6.58 Å². The largest absolute Gasteiger partial charge is 0.493 e. The first-order valence-corrected chi connectivity index (χ1v) is 12.7. The number of ether oxygens (including phenoxy) is 5. The summed E-state index contributed by atoms with van der Waals surface area (Å²) in [4.78, 5) is 41.2. The van der Waals surface area contributed by atoms with Gasteiger partial charge in [-0.15, -0.1) is 0 Å². The first kappa shape index (κ1) is 26.7. The molecule has 1 aromatic rings. The maximum Gasteiger partial charge on any atom is 0.416 e. The highest BCUT2D eigenvalue weighted by molar-refractivity contribution is 6.06. The molecule has 4 rings (SSSR count). The number of anilines is 1. The fourth-order valence-electron chi connectivity index (χ4n) is 4.93. The van der Waals surface area contributed by atoms with E-state index in [0.29, 0.717) is 31.7 Å². The molecule has 202 valence electrons. The molecule has 3 heterocycles. The molecule has 3 aliphatic heterocycles. The molecule has 0 aromatic heterocycles. The van der Waals surface area contributed by atoms with Crippen molar-refractivity contribution in [3.8, 4) is 11.5 Å². The number of nitrogens with zero attached hydrogens (tertiary/aromatic N) is 2. The molecule has 0 spiro atoms. The second kappa shape index (κ2) is 12.3. The van der Waals surface area contributed by atoms with Crippen LogP contribution < -0.4 is 14.4 Å². The summed E-state index contributed by atoms with van der Waals surface area (Å²) in [5.41, 5.74) is 0.524. The predicted octanol–water partition coefficient (Wildman–Crippen LogP) is 3.56. The molecule has 11 nitrogen and oxygen atoms in total. The lowest BCUT2D eigenvalue weighted by Gasteiger charge is -2.38. The first-order chi connectivity index (χ1) is 17.9. The minimum Gasteiger partial charge on any atom is -0.493 e. The number of carboxylic acids is 1. The Hall–Kier alpha value is -3.31. The average molecular weight is 519 g/mol. The maximum absolute atomic E-state index is 13.7. The van der Waals surface area contributed by atoms with Gasteiger partial charge < -0.3 is 33.7 Å². The molecule has 3 atom stereocenters. The Bertz CT molecular complexity index is 1010. The third-order valence-corrected chi connectivity index (χ3v) is 6.66. The molecule has 3 aliphatic rings. The number of carbonyl (C=O) groups is 3. The molecule has 0 bridgehead atoms. The number of benzene rings is 1. The first-order valence-electron chi connectivity index (χ1n) is 12.7. The van der Waals surface area contributed by atoms with Gasteiger partial charge in [0, 0.05) is 25.6 Å². The summed E-state index contributed by atoms with van der Waals surface area (Å²) in [6, 6.07) is 2.71. The van der Waals surface area contributed by atoms with Crippen molar-refractivity contribution < 1.29 is 43.2 Å². The van der Waals surface area contributed by atoms with Crippen LogP contribution in [0.4, 0.5) is 10.5 Å². The van der Waals surface area contributed by atoms with Crippen molar-refractivity contribution in [2.75, 3.05) is 38.4 Å². The van der Waals surface area contributed by atoms with Crippen molar-refractivity contribution in [1.82, 2.24) is 4.90 Å². The predicted molar refractivity (Wildman–Crippen MR) is 132 cm³/mol. The third-order valence-electron chi connectivity index (χ3n) is 6.66. The summed E-state index contributed by atoms with van der Waals surface area (Å²) in [5, 5.41) is 8.93. The molecule has 2 amide bonds. The molecule has 1 N–H and O–H groups in total. The number of methoxy groups -OCH3 is 1. The lowest BCUT2D eigenvalue weighted by molar-refractivity contribution is -0.195. The Labute approximate surface area is 215 Å². The number of carbonyl (C=O) groups excluding carboxylic acids is 2. The monoisotopic (exact) mass is 518 g/mol. The molecule has 0 saturated carbocycles. The van der Waals surface area contributed by atoms with E-state index in [1.807, 2.05) is 0 Å². The minimum atomic E-state index is -0.926. The summed E-state index contributed by atoms with van der Waals surface area (Å²) in [7, 11) is 1.45. The van der Waals surface area contributed by atoms with Crippen molar-refractivity contribution in [2.45, 2.75) is 63.5 Å². The van der Waals surface area contributed by atoms with Gasteiger partial charge in [-0.1, -0.05) is 12.7 Å². The van der Waals surface area contributed by atoms with Crippen LogP contribution in [0.5, 0.6) is 11.5 Å². The topological polar surface area (TPSA) is 124 Å². The van der Waals surface area contributed by atoms with Crippen LogP contribution in [-0.4, -0.2) is 80.0 Å². The fourth-order valence-corrected chi connectivity index (χ4v) is 4.93. The van der Waals surface area contributed by atoms with Crippen molar-refractivity contribution in [2.24, 2.45) is 0 Å². The molecule has 37 heavy (non-hydrogen) atoms. The zero-order valence-electron chi connectivity index (χ0n) is 21.1. The number of rotatable bonds is 10. The van der Waals surface area contributed by atoms with Crippen molar-refractivity contribution in [3.05, 3.63) is 30.4 Å². The second-order valence-corrected chi connectivity index (χ2v) is 9.13. The summed E-state index contributed by atoms with van der Waals surface area (Å²) in [6.45, 7) is 4.80. The Balaban J connectivity index is 1.76. The summed E-state index contributed by atoms with van der Waals surface area (Å²) in [5.74, 6) is -0.599. The van der Waals surface area contributed by atoms with Gasteiger partial charge in [0.2, 0.25) is 0 Å². The molecule has 2 saturated heterocycles. The number of hydrogen-bond donors (Lipinski definition) is 1. The third kappa shape index (κ3) is 5.99. The van der Waals surface area contributed by atoms with Crippen molar-refractivity contribution in [1.29, 1.82) is 0 Å². The highest BCUT2D eigenvalue weighted by Gasteiger charge is 2.47. The molecule has 3 unspecified atom stereocenters.